The number of rotatable bonds is 4. The van der Waals surface area contributed by atoms with Crippen molar-refractivity contribution in [2.45, 2.75) is 25.8 Å². The van der Waals surface area contributed by atoms with E-state index in [0.717, 1.165) is 6.42 Å². The zero-order valence-electron chi connectivity index (χ0n) is 6.66. The minimum Gasteiger partial charge on any atom is -0.480 e. The molecule has 0 aliphatic carbocycles. The molecular weight excluding hydrogens is 189 g/mol. The van der Waals surface area contributed by atoms with Crippen molar-refractivity contribution >= 4 is 30.8 Å². The lowest BCUT2D eigenvalue weighted by atomic mass is 10.2. The molecule has 1 unspecified atom stereocenters. The third kappa shape index (κ3) is 7.91. The maximum absolute atomic E-state index is 10.3. The quantitative estimate of drug-likeness (QED) is 0.725. The minimum absolute atomic E-state index is 0. The number of carboxylic acids is 1. The molecule has 0 radical (unpaired) electrons. The Labute approximate surface area is 79.4 Å². The molecule has 0 aromatic heterocycles. The molecule has 11 heavy (non-hydrogen) atoms. The zero-order chi connectivity index (χ0) is 7.28. The van der Waals surface area contributed by atoms with Crippen molar-refractivity contribution in [3.05, 3.63) is 0 Å². The number of carboxylic acid groups (broad SMARTS) is 1. The zero-order valence-corrected chi connectivity index (χ0v) is 8.30. The third-order valence-corrected chi connectivity index (χ3v) is 1.22. The number of hydrogen-bond donors (Lipinski definition) is 2. The van der Waals surface area contributed by atoms with Crippen LogP contribution < -0.4 is 5.32 Å². The Bertz CT molecular complexity index is 101. The largest absolute Gasteiger partial charge is 0.480 e. The molecule has 0 fully saturated rings. The van der Waals surface area contributed by atoms with Crippen LogP contribution in [0.15, 0.2) is 0 Å². The summed E-state index contributed by atoms with van der Waals surface area (Å²) >= 11 is 0. The lowest BCUT2D eigenvalue weighted by Crippen LogP contribution is -2.33. The molecular formula is C6H15Cl2NO2. The molecule has 0 aromatic carbocycles. The highest BCUT2D eigenvalue weighted by Crippen LogP contribution is 1.94. The average Bonchev–Trinajstić information content (AvgIpc) is 1.82. The smallest absolute Gasteiger partial charge is 0.320 e. The molecule has 0 amide bonds. The molecule has 5 heteroatoms. The fourth-order valence-corrected chi connectivity index (χ4v) is 0.680. The monoisotopic (exact) mass is 203 g/mol. The van der Waals surface area contributed by atoms with Gasteiger partial charge in [0.2, 0.25) is 0 Å². The van der Waals surface area contributed by atoms with Crippen molar-refractivity contribution in [1.29, 1.82) is 0 Å². The average molecular weight is 204 g/mol. The maximum atomic E-state index is 10.3. The molecule has 0 bridgehead atoms. The van der Waals surface area contributed by atoms with E-state index in [4.69, 9.17) is 5.11 Å². The second-order valence-electron chi connectivity index (χ2n) is 1.97. The van der Waals surface area contributed by atoms with Crippen molar-refractivity contribution in [3.63, 3.8) is 0 Å². The van der Waals surface area contributed by atoms with Crippen LogP contribution in [0.1, 0.15) is 19.8 Å². The van der Waals surface area contributed by atoms with Crippen LogP contribution in [-0.2, 0) is 4.79 Å². The second-order valence-corrected chi connectivity index (χ2v) is 1.97. The van der Waals surface area contributed by atoms with Gasteiger partial charge in [-0.05, 0) is 13.5 Å². The molecule has 0 saturated heterocycles. The van der Waals surface area contributed by atoms with E-state index < -0.39 is 5.97 Å². The van der Waals surface area contributed by atoms with Gasteiger partial charge < -0.3 is 10.4 Å². The van der Waals surface area contributed by atoms with Crippen LogP contribution in [0.25, 0.3) is 0 Å². The van der Waals surface area contributed by atoms with Crippen LogP contribution in [0.5, 0.6) is 0 Å². The maximum Gasteiger partial charge on any atom is 0.320 e. The van der Waals surface area contributed by atoms with Crippen molar-refractivity contribution in [3.8, 4) is 0 Å². The summed E-state index contributed by atoms with van der Waals surface area (Å²) in [6.07, 6.45) is 1.60. The lowest BCUT2D eigenvalue weighted by Gasteiger charge is -2.07. The number of halogens is 2. The Hall–Kier alpha value is 0.01000. The first-order valence-electron chi connectivity index (χ1n) is 3.12. The van der Waals surface area contributed by atoms with E-state index in [2.05, 4.69) is 5.32 Å². The highest BCUT2D eigenvalue weighted by atomic mass is 35.5. The van der Waals surface area contributed by atoms with Gasteiger partial charge in [0.15, 0.2) is 0 Å². The predicted molar refractivity (Wildman–Crippen MR) is 49.9 cm³/mol. The standard InChI is InChI=1S/C6H13NO2.2ClH/c1-3-4-5(7-2)6(8)9;;/h5,7H,3-4H2,1-2H3,(H,8,9);2*1H. The van der Waals surface area contributed by atoms with Gasteiger partial charge in [0.05, 0.1) is 0 Å². The van der Waals surface area contributed by atoms with Gasteiger partial charge in [0, 0.05) is 0 Å². The molecule has 0 heterocycles. The van der Waals surface area contributed by atoms with Gasteiger partial charge in [-0.15, -0.1) is 24.8 Å². The summed E-state index contributed by atoms with van der Waals surface area (Å²) in [5.41, 5.74) is 0. The summed E-state index contributed by atoms with van der Waals surface area (Å²) in [4.78, 5) is 10.3. The minimum atomic E-state index is -0.764. The summed E-state index contributed by atoms with van der Waals surface area (Å²) in [5, 5.41) is 11.1. The molecule has 0 saturated carbocycles. The molecule has 2 N–H and O–H groups in total. The Morgan fingerprint density at radius 3 is 2.09 bits per heavy atom. The fourth-order valence-electron chi connectivity index (χ4n) is 0.680. The predicted octanol–water partition coefficient (Wildman–Crippen LogP) is 1.30. The van der Waals surface area contributed by atoms with E-state index in [9.17, 15) is 4.79 Å². The first kappa shape index (κ1) is 17.2. The van der Waals surface area contributed by atoms with Gasteiger partial charge >= 0.3 is 5.97 Å². The van der Waals surface area contributed by atoms with Gasteiger partial charge in [-0.25, -0.2) is 0 Å². The van der Waals surface area contributed by atoms with Gasteiger partial charge in [-0.2, -0.15) is 0 Å². The molecule has 0 rings (SSSR count). The van der Waals surface area contributed by atoms with Crippen LogP contribution in [-0.4, -0.2) is 24.2 Å². The van der Waals surface area contributed by atoms with Crippen LogP contribution >= 0.6 is 24.8 Å². The van der Waals surface area contributed by atoms with E-state index in [1.165, 1.54) is 0 Å². The van der Waals surface area contributed by atoms with E-state index >= 15 is 0 Å². The lowest BCUT2D eigenvalue weighted by molar-refractivity contribution is -0.139. The molecule has 0 spiro atoms. The van der Waals surface area contributed by atoms with Crippen LogP contribution in [0.2, 0.25) is 0 Å². The number of aliphatic carboxylic acids is 1. The summed E-state index contributed by atoms with van der Waals surface area (Å²) in [6, 6.07) is -0.366. The van der Waals surface area contributed by atoms with Crippen molar-refractivity contribution in [2.75, 3.05) is 7.05 Å². The van der Waals surface area contributed by atoms with Gasteiger partial charge in [-0.3, -0.25) is 4.79 Å². The number of likely N-dealkylation sites (N-methyl/N-ethyl adjacent to an activating group) is 1. The van der Waals surface area contributed by atoms with Crippen LogP contribution in [0.4, 0.5) is 0 Å². The molecule has 0 aliphatic rings. The SMILES string of the molecule is CCCC(NC)C(=O)O.Cl.Cl. The third-order valence-electron chi connectivity index (χ3n) is 1.22. The van der Waals surface area contributed by atoms with E-state index in [0.29, 0.717) is 6.42 Å². The number of hydrogen-bond acceptors (Lipinski definition) is 2. The summed E-state index contributed by atoms with van der Waals surface area (Å²) in [6.45, 7) is 1.97. The van der Waals surface area contributed by atoms with Gasteiger partial charge in [-0.1, -0.05) is 13.3 Å². The van der Waals surface area contributed by atoms with E-state index in [1.807, 2.05) is 6.92 Å². The van der Waals surface area contributed by atoms with E-state index in [1.54, 1.807) is 7.05 Å². The Balaban J connectivity index is -0.000000320. The highest BCUT2D eigenvalue weighted by Gasteiger charge is 2.11. The fraction of sp³-hybridized carbons (Fsp3) is 0.833. The molecule has 70 valence electrons. The van der Waals surface area contributed by atoms with Crippen LogP contribution in [0, 0.1) is 0 Å². The first-order chi connectivity index (χ1) is 4.22. The summed E-state index contributed by atoms with van der Waals surface area (Å²) < 4.78 is 0. The Morgan fingerprint density at radius 1 is 1.55 bits per heavy atom. The summed E-state index contributed by atoms with van der Waals surface area (Å²) in [7, 11) is 1.66. The molecule has 3 nitrogen and oxygen atoms in total. The highest BCUT2D eigenvalue weighted by molar-refractivity contribution is 5.85. The van der Waals surface area contributed by atoms with Crippen molar-refractivity contribution in [1.82, 2.24) is 5.32 Å². The molecule has 0 aromatic rings. The Kier molecular flexibility index (Phi) is 15.6. The second kappa shape index (κ2) is 10.0. The van der Waals surface area contributed by atoms with Crippen molar-refractivity contribution in [2.24, 2.45) is 0 Å². The van der Waals surface area contributed by atoms with Crippen LogP contribution in [0.3, 0.4) is 0 Å². The van der Waals surface area contributed by atoms with E-state index in [-0.39, 0.29) is 30.9 Å². The molecule has 0 aliphatic heterocycles. The van der Waals surface area contributed by atoms with Crippen molar-refractivity contribution < 1.29 is 9.90 Å². The summed E-state index contributed by atoms with van der Waals surface area (Å²) in [5.74, 6) is -0.764. The number of nitrogens with one attached hydrogen (secondary N) is 1. The normalized spacial score (nSPS) is 10.7. The topological polar surface area (TPSA) is 49.3 Å². The molecule has 1 atom stereocenters. The first-order valence-corrected chi connectivity index (χ1v) is 3.12. The van der Waals surface area contributed by atoms with Gasteiger partial charge in [0.25, 0.3) is 0 Å². The number of carbonyl (C=O) groups is 1. The Morgan fingerprint density at radius 2 is 2.00 bits per heavy atom. The van der Waals surface area contributed by atoms with Gasteiger partial charge in [0.1, 0.15) is 6.04 Å².